The average molecular weight is 546 g/mol. The van der Waals surface area contributed by atoms with Gasteiger partial charge in [-0.05, 0) is 42.0 Å². The molecule has 0 radical (unpaired) electrons. The molecule has 15 heteroatoms. The van der Waals surface area contributed by atoms with Crippen LogP contribution in [0.15, 0.2) is 58.8 Å². The van der Waals surface area contributed by atoms with Gasteiger partial charge in [0.1, 0.15) is 12.3 Å². The Morgan fingerprint density at radius 3 is 2.66 bits per heavy atom. The number of nitrogens with zero attached hydrogens (tertiary/aromatic N) is 4. The van der Waals surface area contributed by atoms with Crippen LogP contribution in [-0.2, 0) is 11.4 Å². The van der Waals surface area contributed by atoms with E-state index in [0.717, 1.165) is 26.9 Å². The fourth-order valence-corrected chi connectivity index (χ4v) is 3.80. The summed E-state index contributed by atoms with van der Waals surface area (Å²) in [5, 5.41) is 22.2. The van der Waals surface area contributed by atoms with Crippen molar-refractivity contribution in [3.8, 4) is 5.88 Å². The van der Waals surface area contributed by atoms with E-state index in [1.54, 1.807) is 49.0 Å². The maximum Gasteiger partial charge on any atom is 0.490 e. The fraction of sp³-hybridized carbons (Fsp3) is 0.130. The number of carboxylic acid groups (broad SMARTS) is 1. The molecule has 4 aromatic heterocycles. The molecule has 4 heterocycles. The molecule has 0 spiro atoms. The summed E-state index contributed by atoms with van der Waals surface area (Å²) in [6, 6.07) is 11.1. The Kier molecular flexibility index (Phi) is 7.66. The summed E-state index contributed by atoms with van der Waals surface area (Å²) in [7, 11) is 1.56. The maximum absolute atomic E-state index is 11.8. The highest BCUT2D eigenvalue weighted by Crippen LogP contribution is 2.32. The number of amides is 1. The number of hydrogen-bond acceptors (Lipinski definition) is 10. The van der Waals surface area contributed by atoms with Gasteiger partial charge in [0.2, 0.25) is 5.58 Å². The molecule has 0 atom stereocenters. The summed E-state index contributed by atoms with van der Waals surface area (Å²) in [5.41, 5.74) is 5.22. The van der Waals surface area contributed by atoms with E-state index in [4.69, 9.17) is 19.1 Å². The summed E-state index contributed by atoms with van der Waals surface area (Å²) in [6.07, 6.45) is -1.96. The normalized spacial score (nSPS) is 11.1. The topological polar surface area (TPSA) is 152 Å². The predicted molar refractivity (Wildman–Crippen MR) is 130 cm³/mol. The van der Waals surface area contributed by atoms with Crippen LogP contribution in [0.1, 0.15) is 16.1 Å². The van der Waals surface area contributed by atoms with Gasteiger partial charge >= 0.3 is 12.1 Å². The van der Waals surface area contributed by atoms with Crippen molar-refractivity contribution < 1.29 is 37.0 Å². The second-order valence-corrected chi connectivity index (χ2v) is 8.28. The number of aromatic nitrogens is 4. The fourth-order valence-electron chi connectivity index (χ4n) is 3.08. The minimum Gasteiger partial charge on any atom is -0.475 e. The van der Waals surface area contributed by atoms with E-state index in [0.29, 0.717) is 17.1 Å². The zero-order valence-corrected chi connectivity index (χ0v) is 20.1. The number of rotatable bonds is 6. The predicted octanol–water partition coefficient (Wildman–Crippen LogP) is 4.54. The summed E-state index contributed by atoms with van der Waals surface area (Å²) in [4.78, 5) is 29.0. The van der Waals surface area contributed by atoms with Crippen LogP contribution in [0.2, 0.25) is 0 Å². The number of carbonyl (C=O) groups excluding carboxylic acids is 1. The lowest BCUT2D eigenvalue weighted by Crippen LogP contribution is -2.21. The van der Waals surface area contributed by atoms with Crippen molar-refractivity contribution in [2.75, 3.05) is 12.4 Å². The molecule has 5 aromatic rings. The van der Waals surface area contributed by atoms with E-state index in [1.807, 2.05) is 23.7 Å². The first-order valence-corrected chi connectivity index (χ1v) is 11.5. The number of hydrogen-bond donors (Lipinski definition) is 3. The zero-order valence-electron chi connectivity index (χ0n) is 19.3. The van der Waals surface area contributed by atoms with Crippen LogP contribution in [0.25, 0.3) is 21.2 Å². The Balaban J connectivity index is 0.000000426. The maximum atomic E-state index is 11.8. The molecule has 0 aliphatic heterocycles. The zero-order chi connectivity index (χ0) is 27.3. The highest BCUT2D eigenvalue weighted by molar-refractivity contribution is 7.16. The number of pyridine rings is 1. The number of furan rings is 1. The van der Waals surface area contributed by atoms with Gasteiger partial charge in [-0.2, -0.15) is 13.2 Å². The minimum atomic E-state index is -5.08. The molecule has 0 aliphatic carbocycles. The SMILES string of the molecule is CNC(=O)c1cc(COc2nnc(Nc3ccc4ncsc4c3)c3ccoc23)ccn1.O=C(O)C(F)(F)F. The van der Waals surface area contributed by atoms with E-state index >= 15 is 0 Å². The van der Waals surface area contributed by atoms with Crippen LogP contribution in [0, 0.1) is 0 Å². The minimum absolute atomic E-state index is 0.186. The average Bonchev–Trinajstić information content (AvgIpc) is 3.58. The van der Waals surface area contributed by atoms with Crippen LogP contribution in [0.5, 0.6) is 5.88 Å². The first-order valence-electron chi connectivity index (χ1n) is 10.6. The third-order valence-corrected chi connectivity index (χ3v) is 5.64. The van der Waals surface area contributed by atoms with Gasteiger partial charge in [0, 0.05) is 18.9 Å². The quantitative estimate of drug-likeness (QED) is 0.277. The molecular formula is C23H17F3N6O5S. The van der Waals surface area contributed by atoms with Gasteiger partial charge in [-0.25, -0.2) is 9.78 Å². The number of halogens is 3. The Bertz CT molecular complexity index is 1600. The summed E-state index contributed by atoms with van der Waals surface area (Å²) < 4.78 is 44.2. The van der Waals surface area contributed by atoms with E-state index in [2.05, 4.69) is 30.8 Å². The molecule has 0 saturated carbocycles. The molecule has 0 aliphatic rings. The number of thiazole rings is 1. The first kappa shape index (κ1) is 26.3. The third-order valence-electron chi connectivity index (χ3n) is 4.85. The lowest BCUT2D eigenvalue weighted by atomic mass is 10.2. The van der Waals surface area contributed by atoms with Crippen LogP contribution in [0.4, 0.5) is 24.7 Å². The van der Waals surface area contributed by atoms with Crippen molar-refractivity contribution in [2.24, 2.45) is 0 Å². The van der Waals surface area contributed by atoms with E-state index in [1.165, 1.54) is 0 Å². The Morgan fingerprint density at radius 1 is 1.13 bits per heavy atom. The van der Waals surface area contributed by atoms with Gasteiger partial charge in [-0.3, -0.25) is 9.78 Å². The molecule has 0 fully saturated rings. The number of ether oxygens (including phenoxy) is 1. The second-order valence-electron chi connectivity index (χ2n) is 7.40. The van der Waals surface area contributed by atoms with Crippen molar-refractivity contribution in [3.63, 3.8) is 0 Å². The van der Waals surface area contributed by atoms with E-state index in [-0.39, 0.29) is 18.4 Å². The number of nitrogens with one attached hydrogen (secondary N) is 2. The van der Waals surface area contributed by atoms with Crippen LogP contribution < -0.4 is 15.4 Å². The summed E-state index contributed by atoms with van der Waals surface area (Å²) in [5.74, 6) is -2.19. The molecule has 5 rings (SSSR count). The standard InChI is InChI=1S/C21H16N6O3S.C2HF3O2/c1-22-20(28)16-8-12(4-6-23-16)10-30-21-18-14(5-7-29-18)19(26-27-21)25-13-2-3-15-17(9-13)31-11-24-15;3-2(4,5)1(6)7/h2-9,11H,10H2,1H3,(H,22,28)(H,25,26);(H,6,7). The van der Waals surface area contributed by atoms with Gasteiger partial charge in [-0.1, -0.05) is 0 Å². The van der Waals surface area contributed by atoms with Crippen molar-refractivity contribution in [2.45, 2.75) is 12.8 Å². The van der Waals surface area contributed by atoms with E-state index in [9.17, 15) is 18.0 Å². The van der Waals surface area contributed by atoms with Gasteiger partial charge < -0.3 is 24.9 Å². The molecule has 11 nitrogen and oxygen atoms in total. The molecule has 1 amide bonds. The molecule has 0 saturated heterocycles. The van der Waals surface area contributed by atoms with Gasteiger partial charge in [0.05, 0.1) is 27.4 Å². The Hall–Kier alpha value is -4.79. The lowest BCUT2D eigenvalue weighted by molar-refractivity contribution is -0.192. The van der Waals surface area contributed by atoms with Gasteiger partial charge in [-0.15, -0.1) is 21.5 Å². The third kappa shape index (κ3) is 6.12. The van der Waals surface area contributed by atoms with Crippen LogP contribution >= 0.6 is 11.3 Å². The molecule has 38 heavy (non-hydrogen) atoms. The highest BCUT2D eigenvalue weighted by Gasteiger charge is 2.38. The second kappa shape index (κ2) is 11.1. The van der Waals surface area contributed by atoms with Crippen molar-refractivity contribution in [1.29, 1.82) is 0 Å². The Labute approximate surface area is 215 Å². The van der Waals surface area contributed by atoms with Crippen molar-refractivity contribution in [1.82, 2.24) is 25.5 Å². The molecule has 196 valence electrons. The molecule has 3 N–H and O–H groups in total. The lowest BCUT2D eigenvalue weighted by Gasteiger charge is -2.09. The number of carbonyl (C=O) groups is 2. The Morgan fingerprint density at radius 2 is 1.92 bits per heavy atom. The summed E-state index contributed by atoms with van der Waals surface area (Å²) >= 11 is 1.57. The number of fused-ring (bicyclic) bond motifs is 2. The summed E-state index contributed by atoms with van der Waals surface area (Å²) in [6.45, 7) is 0.186. The van der Waals surface area contributed by atoms with Gasteiger partial charge in [0.15, 0.2) is 5.82 Å². The van der Waals surface area contributed by atoms with Crippen LogP contribution in [0.3, 0.4) is 0 Å². The monoisotopic (exact) mass is 546 g/mol. The number of aliphatic carboxylic acids is 1. The highest BCUT2D eigenvalue weighted by atomic mass is 32.1. The number of alkyl halides is 3. The number of anilines is 2. The smallest absolute Gasteiger partial charge is 0.475 e. The van der Waals surface area contributed by atoms with Crippen molar-refractivity contribution in [3.05, 3.63) is 65.6 Å². The largest absolute Gasteiger partial charge is 0.490 e. The number of carboxylic acids is 1. The number of benzene rings is 1. The molecule has 0 bridgehead atoms. The first-order chi connectivity index (χ1) is 18.2. The van der Waals surface area contributed by atoms with Crippen molar-refractivity contribution >= 4 is 55.9 Å². The van der Waals surface area contributed by atoms with E-state index < -0.39 is 12.1 Å². The molecule has 1 aromatic carbocycles. The van der Waals surface area contributed by atoms with Gasteiger partial charge in [0.25, 0.3) is 11.8 Å². The molecule has 0 unspecified atom stereocenters. The van der Waals surface area contributed by atoms with Crippen LogP contribution in [-0.4, -0.2) is 50.4 Å². The molecular weight excluding hydrogens is 529 g/mol.